The van der Waals surface area contributed by atoms with Gasteiger partial charge in [0, 0.05) is 49.5 Å². The van der Waals surface area contributed by atoms with Gasteiger partial charge in [-0.05, 0) is 48.5 Å². The number of ether oxygens (including phenoxy) is 1. The first-order chi connectivity index (χ1) is 21.0. The zero-order valence-corrected chi connectivity index (χ0v) is 26.4. The van der Waals surface area contributed by atoms with Gasteiger partial charge >= 0.3 is 5.97 Å². The molecule has 7 rings (SSSR count). The van der Waals surface area contributed by atoms with Crippen molar-refractivity contribution in [2.75, 3.05) is 0 Å². The minimum atomic E-state index is -0.990. The Labute approximate surface area is 269 Å². The van der Waals surface area contributed by atoms with Crippen LogP contribution in [0.25, 0.3) is 11.3 Å². The van der Waals surface area contributed by atoms with Crippen molar-refractivity contribution < 1.29 is 34.7 Å². The summed E-state index contributed by atoms with van der Waals surface area (Å²) < 4.78 is 6.56. The van der Waals surface area contributed by atoms with Crippen molar-refractivity contribution in [2.24, 2.45) is 0 Å². The second-order valence-electron chi connectivity index (χ2n) is 10.1. The standard InChI is InChI=1S/C31H22N2O.C6H5NO2.Ir/c1-21-11-8-15-24-29(21)34-30-22(2)12-9-16-25(30)31(24,27-18-6-7-20-32-27)28-19-10-17-26(33-28)23-13-4-3-5-14-23;8-6(9)5-3-1-2-4-7-5;/h3-13,15,17-20H,1-2H3;1-4H,(H,8,9);/q-2;;/t31-;;/m0../s1. The van der Waals surface area contributed by atoms with E-state index in [9.17, 15) is 4.79 Å². The van der Waals surface area contributed by atoms with Gasteiger partial charge in [0.05, 0.1) is 11.1 Å². The number of carbonyl (C=O) groups is 1. The minimum Gasteiger partial charge on any atom is -0.516 e. The van der Waals surface area contributed by atoms with Crippen LogP contribution < -0.4 is 4.74 Å². The van der Waals surface area contributed by atoms with E-state index in [-0.39, 0.29) is 25.8 Å². The summed E-state index contributed by atoms with van der Waals surface area (Å²) in [6.07, 6.45) is 3.29. The fourth-order valence-electron chi connectivity index (χ4n) is 5.40. The van der Waals surface area contributed by atoms with Gasteiger partial charge in [-0.1, -0.05) is 55.0 Å². The van der Waals surface area contributed by atoms with Crippen LogP contribution in [0.1, 0.15) is 44.1 Å². The average molecular weight is 754 g/mol. The van der Waals surface area contributed by atoms with Crippen LogP contribution >= 0.6 is 0 Å². The van der Waals surface area contributed by atoms with Crippen molar-refractivity contribution in [3.05, 3.63) is 173 Å². The third kappa shape index (κ3) is 5.55. The topological polar surface area (TPSA) is 85.2 Å². The average Bonchev–Trinajstić information content (AvgIpc) is 3.06. The fourth-order valence-corrected chi connectivity index (χ4v) is 5.40. The first-order valence-electron chi connectivity index (χ1n) is 13.8. The quantitative estimate of drug-likeness (QED) is 0.186. The van der Waals surface area contributed by atoms with Crippen molar-refractivity contribution in [1.82, 2.24) is 15.0 Å². The van der Waals surface area contributed by atoms with Crippen LogP contribution in [0.15, 0.2) is 122 Å². The molecule has 0 unspecified atom stereocenters. The van der Waals surface area contributed by atoms with Crippen molar-refractivity contribution in [3.8, 4) is 22.8 Å². The monoisotopic (exact) mass is 754 g/mol. The molecule has 1 aliphatic heterocycles. The van der Waals surface area contributed by atoms with E-state index >= 15 is 0 Å². The van der Waals surface area contributed by atoms with Gasteiger partial charge in [0.2, 0.25) is 0 Å². The van der Waals surface area contributed by atoms with Gasteiger partial charge < -0.3 is 9.84 Å². The Morgan fingerprint density at radius 1 is 0.727 bits per heavy atom. The summed E-state index contributed by atoms with van der Waals surface area (Å²) in [5, 5.41) is 8.32. The molecule has 0 bridgehead atoms. The van der Waals surface area contributed by atoms with Crippen molar-refractivity contribution in [1.29, 1.82) is 0 Å². The third-order valence-corrected chi connectivity index (χ3v) is 7.39. The summed E-state index contributed by atoms with van der Waals surface area (Å²) in [5.41, 5.74) is 6.93. The SMILES string of the molecule is Cc1cc[c-]c2c1Oc1c(C)cccc1[C@]2(c1ccccn1)c1cccc(-c2[c-]cccc2)n1.O=C(O)c1ccccn1.[Ir]. The molecule has 219 valence electrons. The first-order valence-corrected chi connectivity index (χ1v) is 13.8. The third-order valence-electron chi connectivity index (χ3n) is 7.39. The Bertz CT molecular complexity index is 1850. The number of rotatable bonds is 4. The summed E-state index contributed by atoms with van der Waals surface area (Å²) in [4.78, 5) is 23.8. The van der Waals surface area contributed by atoms with Gasteiger partial charge in [-0.2, -0.15) is 18.2 Å². The Morgan fingerprint density at radius 3 is 2.14 bits per heavy atom. The Morgan fingerprint density at radius 2 is 1.45 bits per heavy atom. The second kappa shape index (κ2) is 13.1. The smallest absolute Gasteiger partial charge is 0.354 e. The first kappa shape index (κ1) is 30.5. The van der Waals surface area contributed by atoms with Crippen LogP contribution in [-0.4, -0.2) is 26.0 Å². The number of aromatic carboxylic acids is 1. The molecule has 6 aromatic rings. The van der Waals surface area contributed by atoms with Gasteiger partial charge in [-0.25, -0.2) is 9.78 Å². The van der Waals surface area contributed by atoms with E-state index in [0.717, 1.165) is 56.4 Å². The van der Waals surface area contributed by atoms with E-state index in [1.54, 1.807) is 12.1 Å². The molecule has 3 aromatic carbocycles. The number of aromatic nitrogens is 3. The molecule has 6 nitrogen and oxygen atoms in total. The van der Waals surface area contributed by atoms with Gasteiger partial charge in [0.1, 0.15) is 11.4 Å². The maximum absolute atomic E-state index is 10.1. The van der Waals surface area contributed by atoms with Crippen LogP contribution in [0.4, 0.5) is 0 Å². The van der Waals surface area contributed by atoms with Crippen LogP contribution in [0.3, 0.4) is 0 Å². The second-order valence-corrected chi connectivity index (χ2v) is 10.1. The molecule has 3 aromatic heterocycles. The molecule has 0 saturated heterocycles. The largest absolute Gasteiger partial charge is 0.516 e. The van der Waals surface area contributed by atoms with E-state index in [1.807, 2.05) is 60.8 Å². The molecule has 1 aliphatic rings. The molecule has 0 saturated carbocycles. The summed E-state index contributed by atoms with van der Waals surface area (Å²) in [7, 11) is 0. The molecular formula is C37H27IrN3O3-2. The summed E-state index contributed by atoms with van der Waals surface area (Å²) in [6, 6.07) is 42.0. The van der Waals surface area contributed by atoms with Crippen LogP contribution in [0.2, 0.25) is 0 Å². The molecule has 44 heavy (non-hydrogen) atoms. The predicted octanol–water partition coefficient (Wildman–Crippen LogP) is 7.63. The minimum absolute atomic E-state index is 0. The summed E-state index contributed by atoms with van der Waals surface area (Å²) >= 11 is 0. The number of hydrogen-bond donors (Lipinski definition) is 1. The van der Waals surface area contributed by atoms with Gasteiger partial charge in [0.15, 0.2) is 0 Å². The summed E-state index contributed by atoms with van der Waals surface area (Å²) in [6.45, 7) is 4.15. The Hall–Kier alpha value is -4.97. The molecule has 0 spiro atoms. The Kier molecular flexibility index (Phi) is 9.09. The number of pyridine rings is 3. The van der Waals surface area contributed by atoms with E-state index < -0.39 is 11.4 Å². The number of para-hydroxylation sites is 1. The van der Waals surface area contributed by atoms with Crippen LogP contribution in [-0.2, 0) is 25.5 Å². The van der Waals surface area contributed by atoms with Crippen LogP contribution in [0, 0.1) is 26.0 Å². The molecule has 1 N–H and O–H groups in total. The number of aryl methyl sites for hydroxylation is 2. The predicted molar refractivity (Wildman–Crippen MR) is 164 cm³/mol. The molecule has 0 amide bonds. The molecule has 7 heteroatoms. The van der Waals surface area contributed by atoms with Crippen molar-refractivity contribution in [3.63, 3.8) is 0 Å². The van der Waals surface area contributed by atoms with Gasteiger partial charge in [-0.3, -0.25) is 9.97 Å². The zero-order chi connectivity index (χ0) is 29.8. The van der Waals surface area contributed by atoms with Crippen molar-refractivity contribution in [2.45, 2.75) is 19.3 Å². The van der Waals surface area contributed by atoms with Crippen molar-refractivity contribution >= 4 is 5.97 Å². The normalized spacial score (nSPS) is 14.4. The molecular weight excluding hydrogens is 727 g/mol. The maximum atomic E-state index is 10.1. The fraction of sp³-hybridized carbons (Fsp3) is 0.0811. The number of carboxylic acid groups (broad SMARTS) is 1. The summed E-state index contributed by atoms with van der Waals surface area (Å²) in [5.74, 6) is 0.672. The van der Waals surface area contributed by atoms with E-state index in [4.69, 9.17) is 19.8 Å². The molecule has 0 aliphatic carbocycles. The van der Waals surface area contributed by atoms with E-state index in [1.165, 1.54) is 12.3 Å². The number of carboxylic acids is 1. The number of hydrogen-bond acceptors (Lipinski definition) is 5. The molecule has 1 radical (unpaired) electrons. The zero-order valence-electron chi connectivity index (χ0n) is 24.0. The van der Waals surface area contributed by atoms with E-state index in [0.29, 0.717) is 0 Å². The maximum Gasteiger partial charge on any atom is 0.354 e. The number of benzene rings is 3. The number of nitrogens with zero attached hydrogens (tertiary/aromatic N) is 3. The van der Waals surface area contributed by atoms with Crippen LogP contribution in [0.5, 0.6) is 11.5 Å². The molecule has 4 heterocycles. The Balaban J connectivity index is 0.000000333. The van der Waals surface area contributed by atoms with Gasteiger partial charge in [-0.15, -0.1) is 41.5 Å². The van der Waals surface area contributed by atoms with Gasteiger partial charge in [0.25, 0.3) is 0 Å². The molecule has 0 fully saturated rings. The van der Waals surface area contributed by atoms with E-state index in [2.05, 4.69) is 67.4 Å². The number of fused-ring (bicyclic) bond motifs is 2. The molecule has 1 atom stereocenters.